The Balaban J connectivity index is 1.50. The summed E-state index contributed by atoms with van der Waals surface area (Å²) in [4.78, 5) is 6.38. The molecular weight excluding hydrogens is 494 g/mol. The Morgan fingerprint density at radius 3 is 2.54 bits per heavy atom. The predicted octanol–water partition coefficient (Wildman–Crippen LogP) is 6.19. The average Bonchev–Trinajstić information content (AvgIpc) is 3.42. The van der Waals surface area contributed by atoms with E-state index in [0.29, 0.717) is 31.6 Å². The Hall–Kier alpha value is -2.72. The average molecular weight is 525 g/mol. The molecule has 0 radical (unpaired) electrons. The van der Waals surface area contributed by atoms with Crippen LogP contribution in [0.15, 0.2) is 36.4 Å². The molecule has 2 aliphatic rings. The first kappa shape index (κ1) is 25.9. The summed E-state index contributed by atoms with van der Waals surface area (Å²) in [5.74, 6) is -1.80. The van der Waals surface area contributed by atoms with Crippen LogP contribution in [-0.4, -0.2) is 65.9 Å². The summed E-state index contributed by atoms with van der Waals surface area (Å²) in [7, 11) is 0. The summed E-state index contributed by atoms with van der Waals surface area (Å²) >= 11 is 0. The van der Waals surface area contributed by atoms with E-state index >= 15 is 8.78 Å². The molecule has 3 aromatic rings. The Morgan fingerprint density at radius 1 is 1.11 bits per heavy atom. The fraction of sp³-hybridized carbons (Fsp3) is 0.481. The lowest BCUT2D eigenvalue weighted by Crippen LogP contribution is -2.47. The quantitative estimate of drug-likeness (QED) is 0.362. The topological polar surface area (TPSA) is 34.3 Å². The van der Waals surface area contributed by atoms with Gasteiger partial charge in [0.05, 0.1) is 19.3 Å². The van der Waals surface area contributed by atoms with Crippen LogP contribution in [0.25, 0.3) is 10.9 Å². The Labute approximate surface area is 211 Å². The number of hydrogen-bond donors (Lipinski definition) is 2. The fourth-order valence-electron chi connectivity index (χ4n) is 5.87. The van der Waals surface area contributed by atoms with Crippen LogP contribution in [-0.2, 0) is 6.42 Å². The SMILES string of the molecule is C[C@H]1Cc2c([nH]c3ccccc23)[C@@H](c2c(F)cc(N[C@@H]3CCN(CCCF)C3)cc2F)N1CC(F)(F)F. The lowest BCUT2D eigenvalue weighted by Gasteiger charge is -2.41. The van der Waals surface area contributed by atoms with E-state index in [-0.39, 0.29) is 11.7 Å². The van der Waals surface area contributed by atoms with E-state index in [4.69, 9.17) is 0 Å². The number of fused-ring (bicyclic) bond motifs is 3. The van der Waals surface area contributed by atoms with Gasteiger partial charge in [-0.2, -0.15) is 13.2 Å². The van der Waals surface area contributed by atoms with Crippen LogP contribution in [0.5, 0.6) is 0 Å². The molecule has 3 heterocycles. The van der Waals surface area contributed by atoms with Gasteiger partial charge in [-0.05, 0) is 49.9 Å². The maximum absolute atomic E-state index is 15.6. The highest BCUT2D eigenvalue weighted by molar-refractivity contribution is 5.85. The molecule has 2 aliphatic heterocycles. The minimum absolute atomic E-state index is 0.0546. The zero-order chi connectivity index (χ0) is 26.3. The van der Waals surface area contributed by atoms with Crippen molar-refractivity contribution in [2.24, 2.45) is 0 Å². The smallest absolute Gasteiger partial charge is 0.381 e. The van der Waals surface area contributed by atoms with Crippen LogP contribution in [0.2, 0.25) is 0 Å². The molecule has 0 amide bonds. The molecular formula is C27H30F6N4. The first-order chi connectivity index (χ1) is 17.6. The van der Waals surface area contributed by atoms with Gasteiger partial charge in [-0.15, -0.1) is 0 Å². The van der Waals surface area contributed by atoms with Crippen molar-refractivity contribution in [3.63, 3.8) is 0 Å². The van der Waals surface area contributed by atoms with E-state index in [1.165, 1.54) is 0 Å². The largest absolute Gasteiger partial charge is 0.401 e. The minimum atomic E-state index is -4.54. The number of halogens is 6. The number of benzene rings is 2. The zero-order valence-electron chi connectivity index (χ0n) is 20.5. The van der Waals surface area contributed by atoms with Crippen molar-refractivity contribution in [2.75, 3.05) is 38.2 Å². The lowest BCUT2D eigenvalue weighted by atomic mass is 9.88. The standard InChI is InChI=1S/C27H30F6N4/c1-16-11-20-19-5-2-3-6-23(19)35-25(20)26(37(16)15-27(31,32)33)24-21(29)12-18(13-22(24)30)34-17-7-10-36(14-17)9-4-8-28/h2-3,5-6,12-13,16-17,26,34-35H,4,7-11,14-15H2,1H3/t16-,17+,26+/m0/s1. The Bertz CT molecular complexity index is 1230. The Kier molecular flexibility index (Phi) is 7.15. The fourth-order valence-corrected chi connectivity index (χ4v) is 5.87. The van der Waals surface area contributed by atoms with Crippen LogP contribution in [0.4, 0.5) is 32.0 Å². The first-order valence-electron chi connectivity index (χ1n) is 12.6. The van der Waals surface area contributed by atoms with Crippen LogP contribution in [0.3, 0.4) is 0 Å². The molecule has 0 unspecified atom stereocenters. The zero-order valence-corrected chi connectivity index (χ0v) is 20.5. The third-order valence-corrected chi connectivity index (χ3v) is 7.48. The maximum Gasteiger partial charge on any atom is 0.401 e. The molecule has 1 fully saturated rings. The Morgan fingerprint density at radius 2 is 1.84 bits per heavy atom. The van der Waals surface area contributed by atoms with Crippen LogP contribution in [0.1, 0.15) is 42.6 Å². The van der Waals surface area contributed by atoms with Gasteiger partial charge in [0.15, 0.2) is 0 Å². The van der Waals surface area contributed by atoms with Crippen LogP contribution < -0.4 is 5.32 Å². The van der Waals surface area contributed by atoms with Gasteiger partial charge in [0, 0.05) is 59.6 Å². The second kappa shape index (κ2) is 10.2. The molecule has 0 aliphatic carbocycles. The van der Waals surface area contributed by atoms with Crippen LogP contribution in [0, 0.1) is 11.6 Å². The van der Waals surface area contributed by atoms with Gasteiger partial charge in [0.25, 0.3) is 0 Å². The molecule has 1 aromatic heterocycles. The second-order valence-electron chi connectivity index (χ2n) is 10.1. The third-order valence-electron chi connectivity index (χ3n) is 7.48. The first-order valence-corrected chi connectivity index (χ1v) is 12.6. The number of rotatable bonds is 7. The molecule has 5 rings (SSSR count). The van der Waals surface area contributed by atoms with Crippen molar-refractivity contribution in [1.82, 2.24) is 14.8 Å². The van der Waals surface area contributed by atoms with Crippen molar-refractivity contribution >= 4 is 16.6 Å². The van der Waals surface area contributed by atoms with E-state index in [1.54, 1.807) is 13.0 Å². The van der Waals surface area contributed by atoms with E-state index in [0.717, 1.165) is 46.5 Å². The van der Waals surface area contributed by atoms with Crippen molar-refractivity contribution < 1.29 is 26.3 Å². The number of H-pyrrole nitrogens is 1. The highest BCUT2D eigenvalue weighted by Gasteiger charge is 2.43. The summed E-state index contributed by atoms with van der Waals surface area (Å²) in [6, 6.07) is 7.73. The summed E-state index contributed by atoms with van der Waals surface area (Å²) < 4.78 is 84.6. The molecule has 4 nitrogen and oxygen atoms in total. The molecule has 2 N–H and O–H groups in total. The lowest BCUT2D eigenvalue weighted by molar-refractivity contribution is -0.155. The predicted molar refractivity (Wildman–Crippen MR) is 131 cm³/mol. The number of anilines is 1. The van der Waals surface area contributed by atoms with Gasteiger partial charge in [0.1, 0.15) is 11.6 Å². The summed E-state index contributed by atoms with van der Waals surface area (Å²) in [5.41, 5.74) is 1.73. The van der Waals surface area contributed by atoms with Gasteiger partial charge in [0.2, 0.25) is 0 Å². The molecule has 37 heavy (non-hydrogen) atoms. The summed E-state index contributed by atoms with van der Waals surface area (Å²) in [5, 5.41) is 3.99. The minimum Gasteiger partial charge on any atom is -0.381 e. The molecule has 10 heteroatoms. The molecule has 1 saturated heterocycles. The van der Waals surface area contributed by atoms with Crippen LogP contribution >= 0.6 is 0 Å². The number of nitrogens with zero attached hydrogens (tertiary/aromatic N) is 2. The molecule has 200 valence electrons. The third kappa shape index (κ3) is 5.31. The number of aromatic amines is 1. The number of alkyl halides is 4. The highest BCUT2D eigenvalue weighted by Crippen LogP contribution is 2.44. The number of aromatic nitrogens is 1. The number of nitrogens with one attached hydrogen (secondary N) is 2. The van der Waals surface area contributed by atoms with Gasteiger partial charge < -0.3 is 15.2 Å². The molecule has 2 aromatic carbocycles. The van der Waals surface area contributed by atoms with Gasteiger partial charge >= 0.3 is 6.18 Å². The molecule has 0 spiro atoms. The molecule has 3 atom stereocenters. The van der Waals surface area contributed by atoms with E-state index in [1.807, 2.05) is 18.2 Å². The highest BCUT2D eigenvalue weighted by atomic mass is 19.4. The number of hydrogen-bond acceptors (Lipinski definition) is 3. The van der Waals surface area contributed by atoms with Gasteiger partial charge in [-0.1, -0.05) is 18.2 Å². The summed E-state index contributed by atoms with van der Waals surface area (Å²) in [6.45, 7) is 1.99. The number of likely N-dealkylation sites (tertiary alicyclic amines) is 1. The van der Waals surface area contributed by atoms with Gasteiger partial charge in [-0.25, -0.2) is 8.78 Å². The summed E-state index contributed by atoms with van der Waals surface area (Å²) in [6.07, 6.45) is -3.03. The molecule has 0 saturated carbocycles. The van der Waals surface area contributed by atoms with E-state index in [9.17, 15) is 17.6 Å². The monoisotopic (exact) mass is 524 g/mol. The van der Waals surface area contributed by atoms with Crippen molar-refractivity contribution in [3.8, 4) is 0 Å². The maximum atomic E-state index is 15.6. The second-order valence-corrected chi connectivity index (χ2v) is 10.1. The normalized spacial score (nSPS) is 23.1. The van der Waals surface area contributed by atoms with Crippen molar-refractivity contribution in [3.05, 3.63) is 64.9 Å². The van der Waals surface area contributed by atoms with Crippen molar-refractivity contribution in [1.29, 1.82) is 0 Å². The van der Waals surface area contributed by atoms with E-state index < -0.39 is 48.7 Å². The van der Waals surface area contributed by atoms with E-state index in [2.05, 4.69) is 15.2 Å². The van der Waals surface area contributed by atoms with Crippen molar-refractivity contribution in [2.45, 2.75) is 50.5 Å². The number of para-hydroxylation sites is 1. The van der Waals surface area contributed by atoms with Gasteiger partial charge in [-0.3, -0.25) is 9.29 Å². The molecule has 0 bridgehead atoms.